The number of rotatable bonds is 1. The summed E-state index contributed by atoms with van der Waals surface area (Å²) in [7, 11) is 0. The van der Waals surface area contributed by atoms with Crippen molar-refractivity contribution in [2.45, 2.75) is 82.4 Å². The van der Waals surface area contributed by atoms with Crippen LogP contribution < -0.4 is 0 Å². The van der Waals surface area contributed by atoms with Crippen LogP contribution in [0.3, 0.4) is 0 Å². The molecule has 170 valence electrons. The molecule has 10 heteroatoms. The fourth-order valence-corrected chi connectivity index (χ4v) is 8.19. The maximum Gasteiger partial charge on any atom is 0.343 e. The molecule has 6 unspecified atom stereocenters. The summed E-state index contributed by atoms with van der Waals surface area (Å²) in [5, 5.41) is 34.8. The van der Waals surface area contributed by atoms with Crippen LogP contribution in [0.25, 0.3) is 0 Å². The number of carbonyl (C=O) groups excluding carboxylic acids is 3. The molecule has 0 radical (unpaired) electrons. The highest BCUT2D eigenvalue weighted by Gasteiger charge is 3.03. The molecular weight excluding hydrogens is 412 g/mol. The van der Waals surface area contributed by atoms with Gasteiger partial charge in [0.05, 0.1) is 16.7 Å². The largest absolute Gasteiger partial charge is 0.459 e. The Bertz CT molecular complexity index is 941. The summed E-state index contributed by atoms with van der Waals surface area (Å²) in [6.07, 6.45) is -6.33. The van der Waals surface area contributed by atoms with E-state index in [1.54, 1.807) is 0 Å². The highest BCUT2D eigenvalue weighted by Crippen LogP contribution is 2.83. The molecule has 4 saturated heterocycles. The molecule has 0 bridgehead atoms. The third kappa shape index (κ3) is 1.57. The summed E-state index contributed by atoms with van der Waals surface area (Å²) in [6.45, 7) is 7.40. The molecule has 6 aliphatic rings. The Hall–Kier alpha value is -1.75. The number of aliphatic hydroxyl groups is 3. The van der Waals surface area contributed by atoms with Gasteiger partial charge in [-0.1, -0.05) is 20.8 Å². The molecule has 6 rings (SSSR count). The molecule has 2 aliphatic carbocycles. The standard InChI is InChI=1S/C21H26O10/c1-7-13(24)29-12-10(22)19-9-5-8(6-17(2,3)4)18(19)11(23)14(25)30-16(18)31-21(19,15(26)28-9)20(7,12)27/h7-12,16,22-23,27H,5-6H2,1-4H3/t7-,8+,9?,10+,11?,12?,16?,18?,19+,20-,21?/m0/s1. The molecule has 11 atom stereocenters. The van der Waals surface area contributed by atoms with E-state index in [-0.39, 0.29) is 11.8 Å². The van der Waals surface area contributed by atoms with E-state index in [2.05, 4.69) is 0 Å². The Morgan fingerprint density at radius 3 is 2.39 bits per heavy atom. The first-order valence-electron chi connectivity index (χ1n) is 10.7. The Labute approximate surface area is 177 Å². The van der Waals surface area contributed by atoms with Crippen LogP contribution in [-0.4, -0.2) is 75.1 Å². The van der Waals surface area contributed by atoms with E-state index in [0.717, 1.165) is 0 Å². The van der Waals surface area contributed by atoms with Crippen LogP contribution in [0.5, 0.6) is 0 Å². The predicted octanol–water partition coefficient (Wildman–Crippen LogP) is -0.979. The van der Waals surface area contributed by atoms with Gasteiger partial charge in [-0.05, 0) is 31.1 Å². The van der Waals surface area contributed by atoms with Crippen LogP contribution in [0.1, 0.15) is 40.5 Å². The van der Waals surface area contributed by atoms with Crippen molar-refractivity contribution in [3.05, 3.63) is 0 Å². The average molecular weight is 438 g/mol. The quantitative estimate of drug-likeness (QED) is 0.344. The number of ether oxygens (including phenoxy) is 4. The molecule has 10 nitrogen and oxygen atoms in total. The molecule has 4 heterocycles. The van der Waals surface area contributed by atoms with E-state index < -0.39 is 82.5 Å². The van der Waals surface area contributed by atoms with Gasteiger partial charge in [-0.15, -0.1) is 0 Å². The molecular formula is C21H26O10. The maximum atomic E-state index is 13.4. The zero-order valence-electron chi connectivity index (χ0n) is 17.7. The van der Waals surface area contributed by atoms with Crippen LogP contribution in [0.15, 0.2) is 0 Å². The first kappa shape index (κ1) is 19.9. The number of carbonyl (C=O) groups is 3. The Morgan fingerprint density at radius 2 is 1.74 bits per heavy atom. The minimum absolute atomic E-state index is 0.240. The van der Waals surface area contributed by atoms with E-state index in [4.69, 9.17) is 18.9 Å². The van der Waals surface area contributed by atoms with E-state index in [1.165, 1.54) is 6.92 Å². The molecule has 0 aromatic rings. The minimum atomic E-state index is -2.24. The van der Waals surface area contributed by atoms with E-state index >= 15 is 0 Å². The lowest BCUT2D eigenvalue weighted by Gasteiger charge is -2.45. The van der Waals surface area contributed by atoms with Crippen molar-refractivity contribution >= 4 is 17.9 Å². The third-order valence-corrected chi connectivity index (χ3v) is 8.96. The fraction of sp³-hybridized carbons (Fsp3) is 0.857. The first-order valence-corrected chi connectivity index (χ1v) is 10.7. The monoisotopic (exact) mass is 438 g/mol. The highest BCUT2D eigenvalue weighted by atomic mass is 16.8. The summed E-state index contributed by atoms with van der Waals surface area (Å²) < 4.78 is 22.6. The van der Waals surface area contributed by atoms with Gasteiger partial charge in [0.1, 0.15) is 12.2 Å². The van der Waals surface area contributed by atoms with Crippen molar-refractivity contribution in [1.29, 1.82) is 0 Å². The van der Waals surface area contributed by atoms with Crippen LogP contribution in [-0.2, 0) is 33.3 Å². The van der Waals surface area contributed by atoms with Crippen molar-refractivity contribution in [2.24, 2.45) is 28.1 Å². The van der Waals surface area contributed by atoms with Crippen LogP contribution in [0.2, 0.25) is 0 Å². The molecule has 2 saturated carbocycles. The fourth-order valence-electron chi connectivity index (χ4n) is 8.19. The van der Waals surface area contributed by atoms with E-state index in [1.807, 2.05) is 20.8 Å². The molecule has 4 aliphatic heterocycles. The predicted molar refractivity (Wildman–Crippen MR) is 96.6 cm³/mol. The summed E-state index contributed by atoms with van der Waals surface area (Å²) in [5.41, 5.74) is -7.94. The zero-order valence-corrected chi connectivity index (χ0v) is 17.7. The lowest BCUT2D eigenvalue weighted by molar-refractivity contribution is -0.239. The van der Waals surface area contributed by atoms with Crippen LogP contribution in [0, 0.1) is 28.1 Å². The molecule has 31 heavy (non-hydrogen) atoms. The second-order valence-electron chi connectivity index (χ2n) is 11.2. The lowest BCUT2D eigenvalue weighted by Crippen LogP contribution is -2.67. The summed E-state index contributed by atoms with van der Waals surface area (Å²) in [5.74, 6) is -4.25. The van der Waals surface area contributed by atoms with Gasteiger partial charge in [0.15, 0.2) is 17.8 Å². The van der Waals surface area contributed by atoms with Crippen molar-refractivity contribution in [3.8, 4) is 0 Å². The topological polar surface area (TPSA) is 149 Å². The van der Waals surface area contributed by atoms with Gasteiger partial charge in [-0.2, -0.15) is 0 Å². The zero-order chi connectivity index (χ0) is 22.5. The van der Waals surface area contributed by atoms with Gasteiger partial charge in [0.25, 0.3) is 0 Å². The lowest BCUT2D eigenvalue weighted by atomic mass is 9.52. The van der Waals surface area contributed by atoms with Crippen LogP contribution in [0.4, 0.5) is 0 Å². The molecule has 0 amide bonds. The second-order valence-corrected chi connectivity index (χ2v) is 11.2. The van der Waals surface area contributed by atoms with Gasteiger partial charge in [0.2, 0.25) is 11.9 Å². The molecule has 0 aromatic heterocycles. The molecule has 6 fully saturated rings. The summed E-state index contributed by atoms with van der Waals surface area (Å²) in [4.78, 5) is 38.3. The smallest absolute Gasteiger partial charge is 0.343 e. The number of aliphatic hydroxyl groups excluding tert-OH is 2. The Balaban J connectivity index is 1.67. The van der Waals surface area contributed by atoms with Crippen LogP contribution >= 0.6 is 0 Å². The van der Waals surface area contributed by atoms with Crippen molar-refractivity contribution < 1.29 is 48.7 Å². The first-order chi connectivity index (χ1) is 14.3. The van der Waals surface area contributed by atoms with Gasteiger partial charge in [-0.3, -0.25) is 4.79 Å². The van der Waals surface area contributed by atoms with Crippen molar-refractivity contribution in [2.75, 3.05) is 0 Å². The Morgan fingerprint density at radius 1 is 1.06 bits per heavy atom. The second kappa shape index (κ2) is 5.08. The molecule has 0 aromatic carbocycles. The number of fused-ring (bicyclic) bond motifs is 1. The van der Waals surface area contributed by atoms with Gasteiger partial charge >= 0.3 is 17.9 Å². The van der Waals surface area contributed by atoms with E-state index in [9.17, 15) is 29.7 Å². The molecule has 3 N–H and O–H groups in total. The SMILES string of the molecule is C[C@H]1C(=O)OC2[C@@H](O)[C@]34C5C[C@H](CC(C)(C)C)C36C(OC(=O)C6O)OC4(C(=O)O5)[C@@]21O. The number of esters is 3. The number of hydrogen-bond donors (Lipinski definition) is 3. The van der Waals surface area contributed by atoms with Gasteiger partial charge in [-0.25, -0.2) is 9.59 Å². The van der Waals surface area contributed by atoms with Gasteiger partial charge in [0, 0.05) is 0 Å². The van der Waals surface area contributed by atoms with Crippen molar-refractivity contribution in [3.63, 3.8) is 0 Å². The summed E-state index contributed by atoms with van der Waals surface area (Å²) >= 11 is 0. The summed E-state index contributed by atoms with van der Waals surface area (Å²) in [6, 6.07) is 0. The van der Waals surface area contributed by atoms with Gasteiger partial charge < -0.3 is 34.3 Å². The molecule has 2 spiro atoms. The minimum Gasteiger partial charge on any atom is -0.459 e. The highest BCUT2D eigenvalue weighted by molar-refractivity contribution is 5.94. The normalized spacial score (nSPS) is 58.5. The third-order valence-electron chi connectivity index (χ3n) is 8.96. The van der Waals surface area contributed by atoms with E-state index in [0.29, 0.717) is 6.42 Å². The average Bonchev–Trinajstić information content (AvgIpc) is 3.35. The van der Waals surface area contributed by atoms with Crippen molar-refractivity contribution in [1.82, 2.24) is 0 Å². The number of hydrogen-bond acceptors (Lipinski definition) is 10. The Kier molecular flexibility index (Phi) is 3.26. The maximum absolute atomic E-state index is 13.4.